The molecule has 0 atom stereocenters. The second kappa shape index (κ2) is 6.35. The zero-order chi connectivity index (χ0) is 17.5. The predicted octanol–water partition coefficient (Wildman–Crippen LogP) is 3.17. The minimum absolute atomic E-state index is 0.319. The Labute approximate surface area is 147 Å². The number of halogens is 1. The van der Waals surface area contributed by atoms with Crippen molar-refractivity contribution >= 4 is 27.2 Å². The molecule has 1 aromatic heterocycles. The molecule has 0 N–H and O–H groups in total. The van der Waals surface area contributed by atoms with Gasteiger partial charge in [0.15, 0.2) is 0 Å². The van der Waals surface area contributed by atoms with E-state index in [2.05, 4.69) is 5.10 Å². The smallest absolute Gasteiger partial charge is 0.247 e. The molecule has 0 unspecified atom stereocenters. The summed E-state index contributed by atoms with van der Waals surface area (Å²) in [7, 11) is -1.79. The van der Waals surface area contributed by atoms with Gasteiger partial charge >= 0.3 is 0 Å². The largest absolute Gasteiger partial charge is 0.271 e. The number of benzene rings is 1. The highest BCUT2D eigenvalue weighted by Gasteiger charge is 2.31. The third kappa shape index (κ3) is 2.90. The number of rotatable bonds is 3. The molecule has 3 rings (SSSR count). The van der Waals surface area contributed by atoms with Crippen LogP contribution in [0.1, 0.15) is 23.4 Å². The topological polar surface area (TPSA) is 55.2 Å². The lowest BCUT2D eigenvalue weighted by molar-refractivity contribution is 0.440. The van der Waals surface area contributed by atoms with E-state index in [1.54, 1.807) is 25.6 Å². The molecule has 0 spiro atoms. The van der Waals surface area contributed by atoms with Gasteiger partial charge in [-0.15, -0.1) is 0 Å². The number of hydrogen-bond donors (Lipinski definition) is 0. The van der Waals surface area contributed by atoms with Crippen molar-refractivity contribution in [3.05, 3.63) is 52.3 Å². The van der Waals surface area contributed by atoms with Crippen LogP contribution >= 0.6 is 11.6 Å². The zero-order valence-corrected chi connectivity index (χ0v) is 15.5. The molecule has 0 radical (unpaired) electrons. The molecule has 24 heavy (non-hydrogen) atoms. The minimum atomic E-state index is -3.55. The van der Waals surface area contributed by atoms with Crippen molar-refractivity contribution in [1.29, 1.82) is 0 Å². The fourth-order valence-electron chi connectivity index (χ4n) is 3.09. The van der Waals surface area contributed by atoms with Gasteiger partial charge in [0.1, 0.15) is 4.90 Å². The summed E-state index contributed by atoms with van der Waals surface area (Å²) in [5.41, 5.74) is 3.26. The third-order valence-electron chi connectivity index (χ3n) is 4.43. The van der Waals surface area contributed by atoms with Crippen LogP contribution in [0.25, 0.3) is 5.57 Å². The van der Waals surface area contributed by atoms with E-state index in [9.17, 15) is 8.42 Å². The number of aromatic nitrogens is 2. The van der Waals surface area contributed by atoms with Crippen molar-refractivity contribution in [1.82, 2.24) is 14.1 Å². The second-order valence-corrected chi connectivity index (χ2v) is 8.23. The zero-order valence-electron chi connectivity index (χ0n) is 14.0. The fraction of sp³-hybridized carbons (Fsp3) is 0.353. The lowest BCUT2D eigenvalue weighted by atomic mass is 10.0. The average Bonchev–Trinajstić information content (AvgIpc) is 2.81. The average molecular weight is 366 g/mol. The molecule has 0 saturated heterocycles. The summed E-state index contributed by atoms with van der Waals surface area (Å²) in [6, 6.07) is 7.64. The SMILES string of the molecule is Cc1nn(C)c(C)c1S(=O)(=O)N1CC=C(c2ccccc2Cl)CC1. The van der Waals surface area contributed by atoms with Gasteiger partial charge in [0.2, 0.25) is 10.0 Å². The van der Waals surface area contributed by atoms with Crippen LogP contribution < -0.4 is 0 Å². The third-order valence-corrected chi connectivity index (χ3v) is 6.88. The number of sulfonamides is 1. The highest BCUT2D eigenvalue weighted by molar-refractivity contribution is 7.89. The highest BCUT2D eigenvalue weighted by Crippen LogP contribution is 2.31. The van der Waals surface area contributed by atoms with Gasteiger partial charge < -0.3 is 0 Å². The maximum Gasteiger partial charge on any atom is 0.247 e. The van der Waals surface area contributed by atoms with E-state index in [1.165, 1.54) is 4.31 Å². The van der Waals surface area contributed by atoms with Gasteiger partial charge in [-0.3, -0.25) is 4.68 Å². The molecule has 0 fully saturated rings. The van der Waals surface area contributed by atoms with Gasteiger partial charge in [-0.05, 0) is 37.5 Å². The normalized spacial score (nSPS) is 16.2. The van der Waals surface area contributed by atoms with E-state index in [0.29, 0.717) is 40.8 Å². The molecular weight excluding hydrogens is 346 g/mol. The maximum absolute atomic E-state index is 13.0. The first kappa shape index (κ1) is 17.2. The van der Waals surface area contributed by atoms with Gasteiger partial charge in [-0.25, -0.2) is 8.42 Å². The Morgan fingerprint density at radius 3 is 2.46 bits per heavy atom. The molecule has 0 amide bonds. The Bertz CT molecular complexity index is 916. The van der Waals surface area contributed by atoms with E-state index in [1.807, 2.05) is 30.3 Å². The molecule has 0 bridgehead atoms. The standard InChI is InChI=1S/C17H20ClN3O2S/c1-12-17(13(2)20(3)19-12)24(22,23)21-10-8-14(9-11-21)15-6-4-5-7-16(15)18/h4-8H,9-11H2,1-3H3. The summed E-state index contributed by atoms with van der Waals surface area (Å²) in [5.74, 6) is 0. The van der Waals surface area contributed by atoms with Crippen molar-refractivity contribution in [2.24, 2.45) is 7.05 Å². The number of aryl methyl sites for hydroxylation is 2. The van der Waals surface area contributed by atoms with Crippen molar-refractivity contribution in [3.8, 4) is 0 Å². The molecule has 5 nitrogen and oxygen atoms in total. The van der Waals surface area contributed by atoms with Gasteiger partial charge in [-0.2, -0.15) is 9.40 Å². The summed E-state index contributed by atoms with van der Waals surface area (Å²) in [5, 5.41) is 4.92. The number of nitrogens with zero attached hydrogens (tertiary/aromatic N) is 3. The Morgan fingerprint density at radius 2 is 1.92 bits per heavy atom. The van der Waals surface area contributed by atoms with Gasteiger partial charge in [0, 0.05) is 25.2 Å². The molecule has 128 valence electrons. The quantitative estimate of drug-likeness (QED) is 0.839. The minimum Gasteiger partial charge on any atom is -0.271 e. The summed E-state index contributed by atoms with van der Waals surface area (Å²) >= 11 is 6.24. The van der Waals surface area contributed by atoms with Crippen LogP contribution in [0.2, 0.25) is 5.02 Å². The second-order valence-electron chi connectivity index (χ2n) is 5.95. The van der Waals surface area contributed by atoms with Crippen LogP contribution in [0, 0.1) is 13.8 Å². The molecule has 0 saturated carbocycles. The summed E-state index contributed by atoms with van der Waals surface area (Å²) in [6.07, 6.45) is 2.59. The van der Waals surface area contributed by atoms with Crippen LogP contribution in [0.5, 0.6) is 0 Å². The molecule has 2 aromatic rings. The van der Waals surface area contributed by atoms with Crippen LogP contribution in [-0.2, 0) is 17.1 Å². The first-order valence-electron chi connectivity index (χ1n) is 7.76. The first-order valence-corrected chi connectivity index (χ1v) is 9.58. The van der Waals surface area contributed by atoms with E-state index >= 15 is 0 Å². The van der Waals surface area contributed by atoms with E-state index in [0.717, 1.165) is 11.1 Å². The lowest BCUT2D eigenvalue weighted by Crippen LogP contribution is -2.35. The van der Waals surface area contributed by atoms with Gasteiger partial charge in [-0.1, -0.05) is 35.9 Å². The molecule has 0 aliphatic carbocycles. The first-order chi connectivity index (χ1) is 11.3. The lowest BCUT2D eigenvalue weighted by Gasteiger charge is -2.26. The van der Waals surface area contributed by atoms with Crippen LogP contribution in [0.4, 0.5) is 0 Å². The fourth-order valence-corrected chi connectivity index (χ4v) is 5.13. The Balaban J connectivity index is 1.90. The summed E-state index contributed by atoms with van der Waals surface area (Å²) in [4.78, 5) is 0.319. The summed E-state index contributed by atoms with van der Waals surface area (Å²) in [6.45, 7) is 4.29. The molecule has 1 aliphatic heterocycles. The summed E-state index contributed by atoms with van der Waals surface area (Å²) < 4.78 is 29.1. The Kier molecular flexibility index (Phi) is 4.55. The van der Waals surface area contributed by atoms with E-state index < -0.39 is 10.0 Å². The predicted molar refractivity (Wildman–Crippen MR) is 95.5 cm³/mol. The van der Waals surface area contributed by atoms with Crippen molar-refractivity contribution in [2.45, 2.75) is 25.2 Å². The highest BCUT2D eigenvalue weighted by atomic mass is 35.5. The molecular formula is C17H20ClN3O2S. The molecule has 2 heterocycles. The van der Waals surface area contributed by atoms with E-state index in [4.69, 9.17) is 11.6 Å². The van der Waals surface area contributed by atoms with Crippen molar-refractivity contribution in [3.63, 3.8) is 0 Å². The number of hydrogen-bond acceptors (Lipinski definition) is 3. The van der Waals surface area contributed by atoms with Crippen LogP contribution in [-0.4, -0.2) is 35.6 Å². The maximum atomic E-state index is 13.0. The van der Waals surface area contributed by atoms with Crippen molar-refractivity contribution in [2.75, 3.05) is 13.1 Å². The molecule has 1 aromatic carbocycles. The monoisotopic (exact) mass is 365 g/mol. The molecule has 1 aliphatic rings. The van der Waals surface area contributed by atoms with Gasteiger partial charge in [0.25, 0.3) is 0 Å². The Morgan fingerprint density at radius 1 is 1.21 bits per heavy atom. The van der Waals surface area contributed by atoms with Crippen LogP contribution in [0.3, 0.4) is 0 Å². The van der Waals surface area contributed by atoms with Crippen molar-refractivity contribution < 1.29 is 8.42 Å². The van der Waals surface area contributed by atoms with Crippen LogP contribution in [0.15, 0.2) is 35.2 Å². The van der Waals surface area contributed by atoms with E-state index in [-0.39, 0.29) is 0 Å². The molecule has 7 heteroatoms. The Hall–Kier alpha value is -1.63. The van der Waals surface area contributed by atoms with Gasteiger partial charge in [0.05, 0.1) is 11.4 Å².